The molecule has 1 N–H and O–H groups in total. The van der Waals surface area contributed by atoms with E-state index >= 15 is 0 Å². The number of rotatable bonds is 2. The summed E-state index contributed by atoms with van der Waals surface area (Å²) in [6.45, 7) is 4.60. The molecule has 1 heterocycles. The van der Waals surface area contributed by atoms with Gasteiger partial charge in [-0.25, -0.2) is 9.80 Å². The number of hydrogen-bond donors (Lipinski definition) is 1. The Hall–Kier alpha value is -1.03. The number of carbonyl (C=O) groups is 1. The molecule has 0 saturated carbocycles. The third-order valence-electron chi connectivity index (χ3n) is 2.17. The molecule has 0 aliphatic carbocycles. The molecule has 4 heteroatoms. The van der Waals surface area contributed by atoms with Crippen LogP contribution in [0, 0.1) is 0 Å². The number of aliphatic carboxylic acids is 1. The Morgan fingerprint density at radius 1 is 1.75 bits per heavy atom. The molecule has 68 valence electrons. The van der Waals surface area contributed by atoms with Gasteiger partial charge in [0, 0.05) is 19.6 Å². The summed E-state index contributed by atoms with van der Waals surface area (Å²) in [7, 11) is 1.89. The second kappa shape index (κ2) is 3.15. The van der Waals surface area contributed by atoms with E-state index in [-0.39, 0.29) is 6.04 Å². The highest BCUT2D eigenvalue weighted by Gasteiger charge is 2.28. The minimum absolute atomic E-state index is 0.177. The summed E-state index contributed by atoms with van der Waals surface area (Å²) in [5.74, 6) is -0.854. The Kier molecular flexibility index (Phi) is 2.38. The topological polar surface area (TPSA) is 43.8 Å². The molecule has 0 spiro atoms. The van der Waals surface area contributed by atoms with Crippen molar-refractivity contribution in [2.45, 2.75) is 19.9 Å². The van der Waals surface area contributed by atoms with Crippen LogP contribution in [0.5, 0.6) is 0 Å². The largest absolute Gasteiger partial charge is 0.477 e. The fraction of sp³-hybridized carbons (Fsp3) is 0.625. The molecule has 0 bridgehead atoms. The van der Waals surface area contributed by atoms with Crippen LogP contribution in [0.25, 0.3) is 0 Å². The minimum Gasteiger partial charge on any atom is -0.477 e. The van der Waals surface area contributed by atoms with Crippen molar-refractivity contribution in [3.05, 3.63) is 11.8 Å². The summed E-state index contributed by atoms with van der Waals surface area (Å²) in [6.07, 6.45) is 1.76. The first-order chi connectivity index (χ1) is 5.57. The molecule has 0 radical (unpaired) electrons. The Morgan fingerprint density at radius 2 is 2.33 bits per heavy atom. The molecule has 0 aromatic heterocycles. The number of hydrogen-bond acceptors (Lipinski definition) is 3. The first-order valence-electron chi connectivity index (χ1n) is 4.03. The zero-order valence-electron chi connectivity index (χ0n) is 7.61. The van der Waals surface area contributed by atoms with Gasteiger partial charge in [-0.15, -0.1) is 0 Å². The Balaban J connectivity index is 2.85. The average Bonchev–Trinajstić information content (AvgIpc) is 2.29. The number of nitrogens with zero attached hydrogens (tertiary/aromatic N) is 2. The van der Waals surface area contributed by atoms with E-state index in [4.69, 9.17) is 5.11 Å². The first kappa shape index (κ1) is 9.06. The van der Waals surface area contributed by atoms with E-state index in [1.165, 1.54) is 0 Å². The lowest BCUT2D eigenvalue weighted by atomic mass is 10.3. The first-order valence-corrected chi connectivity index (χ1v) is 4.03. The van der Waals surface area contributed by atoms with Gasteiger partial charge >= 0.3 is 5.97 Å². The van der Waals surface area contributed by atoms with E-state index in [2.05, 4.69) is 0 Å². The van der Waals surface area contributed by atoms with Crippen LogP contribution >= 0.6 is 0 Å². The maximum Gasteiger partial charge on any atom is 0.353 e. The van der Waals surface area contributed by atoms with Crippen LogP contribution in [0.2, 0.25) is 0 Å². The Labute approximate surface area is 72.0 Å². The second-order valence-electron chi connectivity index (χ2n) is 2.89. The molecular weight excluding hydrogens is 156 g/mol. The third kappa shape index (κ3) is 1.30. The number of carboxylic acids is 1. The van der Waals surface area contributed by atoms with Crippen molar-refractivity contribution in [1.29, 1.82) is 0 Å². The van der Waals surface area contributed by atoms with Gasteiger partial charge in [-0.1, -0.05) is 0 Å². The summed E-state index contributed by atoms with van der Waals surface area (Å²) in [6, 6.07) is 0.177. The van der Waals surface area contributed by atoms with Gasteiger partial charge in [0.05, 0.1) is 0 Å². The maximum atomic E-state index is 10.7. The van der Waals surface area contributed by atoms with Crippen LogP contribution in [0.4, 0.5) is 0 Å². The quantitative estimate of drug-likeness (QED) is 0.656. The molecule has 1 atom stereocenters. The zero-order chi connectivity index (χ0) is 9.30. The molecule has 4 nitrogen and oxygen atoms in total. The normalized spacial score (nSPS) is 24.4. The van der Waals surface area contributed by atoms with Crippen molar-refractivity contribution >= 4 is 5.97 Å². The van der Waals surface area contributed by atoms with Crippen molar-refractivity contribution in [2.75, 3.05) is 13.6 Å². The van der Waals surface area contributed by atoms with Gasteiger partial charge < -0.3 is 5.11 Å². The van der Waals surface area contributed by atoms with E-state index in [0.717, 1.165) is 0 Å². The van der Waals surface area contributed by atoms with Crippen molar-refractivity contribution in [3.8, 4) is 0 Å². The second-order valence-corrected chi connectivity index (χ2v) is 2.89. The molecule has 12 heavy (non-hydrogen) atoms. The predicted octanol–water partition coefficient (Wildman–Crippen LogP) is 0.526. The van der Waals surface area contributed by atoms with Gasteiger partial charge in [-0.2, -0.15) is 0 Å². The molecule has 1 unspecified atom stereocenters. The van der Waals surface area contributed by atoms with Crippen molar-refractivity contribution in [2.24, 2.45) is 0 Å². The molecule has 1 rings (SSSR count). The molecule has 0 aromatic carbocycles. The van der Waals surface area contributed by atoms with Crippen LogP contribution < -0.4 is 0 Å². The van der Waals surface area contributed by atoms with Crippen LogP contribution in [0.15, 0.2) is 11.8 Å². The molecule has 0 amide bonds. The van der Waals surface area contributed by atoms with Crippen LogP contribution in [-0.2, 0) is 4.79 Å². The standard InChI is InChI=1S/C8H14N2O2/c1-4-10-7(8(11)12)5-6(2)9(10)3/h5-6H,4H2,1-3H3,(H,11,12). The van der Waals surface area contributed by atoms with E-state index < -0.39 is 5.97 Å². The van der Waals surface area contributed by atoms with Gasteiger partial charge in [0.1, 0.15) is 5.70 Å². The molecule has 1 aliphatic rings. The summed E-state index contributed by atoms with van der Waals surface area (Å²) < 4.78 is 0. The third-order valence-corrected chi connectivity index (χ3v) is 2.17. The van der Waals surface area contributed by atoms with Gasteiger partial charge in [0.2, 0.25) is 0 Å². The summed E-state index contributed by atoms with van der Waals surface area (Å²) in [5, 5.41) is 12.5. The van der Waals surface area contributed by atoms with E-state index in [0.29, 0.717) is 12.2 Å². The highest BCUT2D eigenvalue weighted by molar-refractivity contribution is 5.86. The molecular formula is C8H14N2O2. The monoisotopic (exact) mass is 170 g/mol. The molecule has 0 saturated heterocycles. The van der Waals surface area contributed by atoms with Gasteiger partial charge in [-0.3, -0.25) is 5.01 Å². The summed E-state index contributed by atoms with van der Waals surface area (Å²) in [5.41, 5.74) is 0.382. The fourth-order valence-corrected chi connectivity index (χ4v) is 1.39. The fourth-order valence-electron chi connectivity index (χ4n) is 1.39. The van der Waals surface area contributed by atoms with E-state index in [9.17, 15) is 4.79 Å². The van der Waals surface area contributed by atoms with Gasteiger partial charge in [0.15, 0.2) is 0 Å². The number of hydrazine groups is 1. The lowest BCUT2D eigenvalue weighted by Crippen LogP contribution is -2.39. The van der Waals surface area contributed by atoms with Gasteiger partial charge in [-0.05, 0) is 19.9 Å². The zero-order valence-corrected chi connectivity index (χ0v) is 7.61. The highest BCUT2D eigenvalue weighted by Crippen LogP contribution is 2.19. The SMILES string of the molecule is CCN1C(C(=O)O)=CC(C)N1C. The van der Waals surface area contributed by atoms with Crippen molar-refractivity contribution in [1.82, 2.24) is 10.0 Å². The highest BCUT2D eigenvalue weighted by atomic mass is 16.4. The smallest absolute Gasteiger partial charge is 0.353 e. The number of likely N-dealkylation sites (N-methyl/N-ethyl adjacent to an activating group) is 2. The maximum absolute atomic E-state index is 10.7. The number of carboxylic acid groups (broad SMARTS) is 1. The Morgan fingerprint density at radius 3 is 2.67 bits per heavy atom. The van der Waals surface area contributed by atoms with Gasteiger partial charge in [0.25, 0.3) is 0 Å². The Bertz CT molecular complexity index is 225. The lowest BCUT2D eigenvalue weighted by molar-refractivity contribution is -0.136. The molecule has 0 aromatic rings. The van der Waals surface area contributed by atoms with Crippen LogP contribution in [-0.4, -0.2) is 40.7 Å². The molecule has 1 aliphatic heterocycles. The minimum atomic E-state index is -0.854. The molecule has 0 fully saturated rings. The van der Waals surface area contributed by atoms with Crippen molar-refractivity contribution < 1.29 is 9.90 Å². The average molecular weight is 170 g/mol. The van der Waals surface area contributed by atoms with Crippen LogP contribution in [0.3, 0.4) is 0 Å². The lowest BCUT2D eigenvalue weighted by Gasteiger charge is -2.28. The van der Waals surface area contributed by atoms with E-state index in [1.54, 1.807) is 11.1 Å². The van der Waals surface area contributed by atoms with Crippen molar-refractivity contribution in [3.63, 3.8) is 0 Å². The summed E-state index contributed by atoms with van der Waals surface area (Å²) >= 11 is 0. The van der Waals surface area contributed by atoms with Crippen LogP contribution in [0.1, 0.15) is 13.8 Å². The predicted molar refractivity (Wildman–Crippen MR) is 45.3 cm³/mol. The van der Waals surface area contributed by atoms with E-state index in [1.807, 2.05) is 25.9 Å². The summed E-state index contributed by atoms with van der Waals surface area (Å²) in [4.78, 5) is 10.7.